The van der Waals surface area contributed by atoms with Crippen molar-refractivity contribution in [2.24, 2.45) is 0 Å². The predicted molar refractivity (Wildman–Crippen MR) is 88.3 cm³/mol. The molecule has 0 saturated heterocycles. The van der Waals surface area contributed by atoms with Crippen LogP contribution < -0.4 is 4.74 Å². The maximum atomic E-state index is 12.2. The van der Waals surface area contributed by atoms with Gasteiger partial charge >= 0.3 is 0 Å². The molecule has 5 heteroatoms. The summed E-state index contributed by atoms with van der Waals surface area (Å²) in [7, 11) is 0. The molecule has 0 heterocycles. The minimum atomic E-state index is 0.158. The van der Waals surface area contributed by atoms with E-state index in [9.17, 15) is 4.79 Å². The second kappa shape index (κ2) is 8.50. The van der Waals surface area contributed by atoms with Crippen LogP contribution in [-0.2, 0) is 4.79 Å². The maximum absolute atomic E-state index is 12.2. The zero-order valence-corrected chi connectivity index (χ0v) is 14.5. The molecule has 0 aromatic heterocycles. The van der Waals surface area contributed by atoms with Crippen molar-refractivity contribution in [3.63, 3.8) is 0 Å². The van der Waals surface area contributed by atoms with E-state index in [4.69, 9.17) is 27.9 Å². The summed E-state index contributed by atoms with van der Waals surface area (Å²) in [6, 6.07) is 5.53. The third kappa shape index (κ3) is 5.76. The largest absolute Gasteiger partial charge is 0.492 e. The Bertz CT molecular complexity index is 467. The Labute approximate surface area is 137 Å². The molecule has 0 aliphatic heterocycles. The number of benzene rings is 1. The molecule has 0 aliphatic rings. The van der Waals surface area contributed by atoms with Crippen LogP contribution >= 0.6 is 23.2 Å². The van der Waals surface area contributed by atoms with Crippen LogP contribution in [0.15, 0.2) is 18.2 Å². The van der Waals surface area contributed by atoms with Gasteiger partial charge in [0.05, 0.1) is 11.6 Å². The van der Waals surface area contributed by atoms with Gasteiger partial charge in [-0.05, 0) is 52.3 Å². The number of carbonyl (C=O) groups is 1. The van der Waals surface area contributed by atoms with Crippen LogP contribution in [-0.4, -0.2) is 29.5 Å². The lowest BCUT2D eigenvalue weighted by Crippen LogP contribution is -2.42. The molecular weight excluding hydrogens is 309 g/mol. The number of hydrogen-bond acceptors (Lipinski definition) is 2. The summed E-state index contributed by atoms with van der Waals surface area (Å²) in [5.74, 6) is 0.754. The Balaban J connectivity index is 2.41. The summed E-state index contributed by atoms with van der Waals surface area (Å²) in [6.45, 7) is 8.57. The second-order valence-corrected chi connectivity index (χ2v) is 6.36. The average Bonchev–Trinajstić information content (AvgIpc) is 2.35. The highest BCUT2D eigenvalue weighted by molar-refractivity contribution is 6.35. The fraction of sp³-hybridized carbons (Fsp3) is 0.562. The Morgan fingerprint density at radius 1 is 1.19 bits per heavy atom. The van der Waals surface area contributed by atoms with Gasteiger partial charge in [0.25, 0.3) is 0 Å². The number of halogens is 2. The van der Waals surface area contributed by atoms with Gasteiger partial charge in [0.2, 0.25) is 5.91 Å². The summed E-state index contributed by atoms with van der Waals surface area (Å²) >= 11 is 11.8. The molecule has 0 unspecified atom stereocenters. The first-order chi connectivity index (χ1) is 9.82. The van der Waals surface area contributed by atoms with E-state index in [-0.39, 0.29) is 18.0 Å². The normalized spacial score (nSPS) is 11.0. The van der Waals surface area contributed by atoms with Crippen LogP contribution in [0.5, 0.6) is 5.75 Å². The Morgan fingerprint density at radius 3 is 2.33 bits per heavy atom. The molecule has 3 nitrogen and oxygen atoms in total. The van der Waals surface area contributed by atoms with Gasteiger partial charge in [0.1, 0.15) is 5.75 Å². The number of ether oxygens (including phenoxy) is 1. The van der Waals surface area contributed by atoms with Gasteiger partial charge in [-0.15, -0.1) is 0 Å². The molecule has 1 aromatic rings. The van der Waals surface area contributed by atoms with E-state index >= 15 is 0 Å². The third-order valence-corrected chi connectivity index (χ3v) is 3.62. The van der Waals surface area contributed by atoms with E-state index in [1.165, 1.54) is 0 Å². The van der Waals surface area contributed by atoms with Gasteiger partial charge < -0.3 is 9.64 Å². The average molecular weight is 332 g/mol. The number of hydrogen-bond donors (Lipinski definition) is 0. The molecule has 0 N–H and O–H groups in total. The minimum Gasteiger partial charge on any atom is -0.492 e. The Kier molecular flexibility index (Phi) is 7.33. The van der Waals surface area contributed by atoms with Crippen molar-refractivity contribution in [2.45, 2.75) is 52.6 Å². The van der Waals surface area contributed by atoms with Crippen molar-refractivity contribution in [1.82, 2.24) is 4.90 Å². The van der Waals surface area contributed by atoms with Gasteiger partial charge in [-0.3, -0.25) is 4.79 Å². The standard InChI is InChI=1S/C16H23Cl2NO2/c1-11(2)19(12(3)4)16(20)6-5-9-21-15-8-7-13(17)10-14(15)18/h7-8,10-12H,5-6,9H2,1-4H3. The molecule has 0 radical (unpaired) electrons. The van der Waals surface area contributed by atoms with Crippen LogP contribution in [0, 0.1) is 0 Å². The molecule has 1 amide bonds. The summed E-state index contributed by atoms with van der Waals surface area (Å²) in [5.41, 5.74) is 0. The first-order valence-electron chi connectivity index (χ1n) is 7.22. The zero-order chi connectivity index (χ0) is 16.0. The zero-order valence-electron chi connectivity index (χ0n) is 13.0. The van der Waals surface area contributed by atoms with Crippen LogP contribution in [0.2, 0.25) is 10.0 Å². The van der Waals surface area contributed by atoms with Crippen LogP contribution in [0.3, 0.4) is 0 Å². The van der Waals surface area contributed by atoms with Crippen molar-refractivity contribution in [1.29, 1.82) is 0 Å². The molecule has 0 fully saturated rings. The van der Waals surface area contributed by atoms with E-state index in [0.29, 0.717) is 35.2 Å². The van der Waals surface area contributed by atoms with Gasteiger partial charge in [-0.2, -0.15) is 0 Å². The minimum absolute atomic E-state index is 0.158. The Morgan fingerprint density at radius 2 is 1.81 bits per heavy atom. The van der Waals surface area contributed by atoms with Gasteiger partial charge in [0.15, 0.2) is 0 Å². The Hall–Kier alpha value is -0.930. The maximum Gasteiger partial charge on any atom is 0.223 e. The van der Waals surface area contributed by atoms with Crippen molar-refractivity contribution < 1.29 is 9.53 Å². The summed E-state index contributed by atoms with van der Waals surface area (Å²) in [5, 5.41) is 1.06. The first kappa shape index (κ1) is 18.1. The monoisotopic (exact) mass is 331 g/mol. The molecule has 1 aromatic carbocycles. The van der Waals surface area contributed by atoms with E-state index in [0.717, 1.165) is 0 Å². The van der Waals surface area contributed by atoms with Crippen LogP contribution in [0.4, 0.5) is 0 Å². The lowest BCUT2D eigenvalue weighted by Gasteiger charge is -2.30. The number of rotatable bonds is 7. The van der Waals surface area contributed by atoms with Gasteiger partial charge in [-0.1, -0.05) is 23.2 Å². The van der Waals surface area contributed by atoms with Crippen LogP contribution in [0.1, 0.15) is 40.5 Å². The summed E-state index contributed by atoms with van der Waals surface area (Å²) in [6.07, 6.45) is 1.13. The highest BCUT2D eigenvalue weighted by Crippen LogP contribution is 2.27. The molecule has 1 rings (SSSR count). The van der Waals surface area contributed by atoms with Crippen molar-refractivity contribution in [2.75, 3.05) is 6.61 Å². The van der Waals surface area contributed by atoms with Crippen molar-refractivity contribution in [3.05, 3.63) is 28.2 Å². The SMILES string of the molecule is CC(C)N(C(=O)CCCOc1ccc(Cl)cc1Cl)C(C)C. The third-order valence-electron chi connectivity index (χ3n) is 3.09. The quantitative estimate of drug-likeness (QED) is 0.672. The number of carbonyl (C=O) groups excluding carboxylic acids is 1. The topological polar surface area (TPSA) is 29.5 Å². The summed E-state index contributed by atoms with van der Waals surface area (Å²) in [4.78, 5) is 14.1. The predicted octanol–water partition coefficient (Wildman–Crippen LogP) is 4.80. The molecule has 0 atom stereocenters. The van der Waals surface area contributed by atoms with E-state index in [1.807, 2.05) is 32.6 Å². The van der Waals surface area contributed by atoms with Gasteiger partial charge in [-0.25, -0.2) is 0 Å². The fourth-order valence-corrected chi connectivity index (χ4v) is 2.76. The second-order valence-electron chi connectivity index (χ2n) is 5.52. The number of amides is 1. The molecular formula is C16H23Cl2NO2. The molecule has 118 valence electrons. The lowest BCUT2D eigenvalue weighted by atomic mass is 10.2. The van der Waals surface area contributed by atoms with E-state index < -0.39 is 0 Å². The molecule has 0 bridgehead atoms. The number of nitrogens with zero attached hydrogens (tertiary/aromatic N) is 1. The fourth-order valence-electron chi connectivity index (χ4n) is 2.30. The van der Waals surface area contributed by atoms with Gasteiger partial charge in [0, 0.05) is 23.5 Å². The van der Waals surface area contributed by atoms with E-state index in [2.05, 4.69) is 0 Å². The highest BCUT2D eigenvalue weighted by atomic mass is 35.5. The smallest absolute Gasteiger partial charge is 0.223 e. The molecule has 0 saturated carbocycles. The van der Waals surface area contributed by atoms with Crippen molar-refractivity contribution >= 4 is 29.1 Å². The first-order valence-corrected chi connectivity index (χ1v) is 7.97. The highest BCUT2D eigenvalue weighted by Gasteiger charge is 2.19. The molecule has 0 aliphatic carbocycles. The molecule has 0 spiro atoms. The lowest BCUT2D eigenvalue weighted by molar-refractivity contribution is -0.135. The van der Waals surface area contributed by atoms with E-state index in [1.54, 1.807) is 18.2 Å². The summed E-state index contributed by atoms with van der Waals surface area (Å²) < 4.78 is 5.58. The molecule has 21 heavy (non-hydrogen) atoms. The van der Waals surface area contributed by atoms with Crippen LogP contribution in [0.25, 0.3) is 0 Å². The van der Waals surface area contributed by atoms with Crippen molar-refractivity contribution in [3.8, 4) is 5.75 Å².